The van der Waals surface area contributed by atoms with E-state index in [1.807, 2.05) is 19.1 Å². The van der Waals surface area contributed by atoms with Gasteiger partial charge in [0.2, 0.25) is 5.91 Å². The lowest BCUT2D eigenvalue weighted by Crippen LogP contribution is -2.43. The lowest BCUT2D eigenvalue weighted by atomic mass is 10.0. The van der Waals surface area contributed by atoms with Crippen molar-refractivity contribution in [2.45, 2.75) is 39.2 Å². The zero-order valence-electron chi connectivity index (χ0n) is 24.3. The van der Waals surface area contributed by atoms with Gasteiger partial charge in [-0.3, -0.25) is 14.5 Å². The van der Waals surface area contributed by atoms with E-state index in [2.05, 4.69) is 4.90 Å². The molecule has 0 spiro atoms. The first kappa shape index (κ1) is 31.5. The predicted molar refractivity (Wildman–Crippen MR) is 161 cm³/mol. The summed E-state index contributed by atoms with van der Waals surface area (Å²) in [7, 11) is 0. The van der Waals surface area contributed by atoms with Crippen LogP contribution in [0, 0.1) is 30.4 Å². The highest BCUT2D eigenvalue weighted by Crippen LogP contribution is 2.33. The largest absolute Gasteiger partial charge is 0.446 e. The summed E-state index contributed by atoms with van der Waals surface area (Å²) in [5.41, 5.74) is 1.56. The van der Waals surface area contributed by atoms with Crippen LogP contribution in [-0.4, -0.2) is 91.1 Å². The van der Waals surface area contributed by atoms with E-state index in [0.29, 0.717) is 62.7 Å². The first-order valence-corrected chi connectivity index (χ1v) is 15.4. The van der Waals surface area contributed by atoms with E-state index in [1.54, 1.807) is 27.7 Å². The number of likely N-dealkylation sites (tertiary alicyclic amines) is 3. The van der Waals surface area contributed by atoms with Crippen LogP contribution in [0.4, 0.5) is 19.3 Å². The van der Waals surface area contributed by atoms with Gasteiger partial charge >= 0.3 is 6.09 Å². The molecule has 3 fully saturated rings. The smallest absolute Gasteiger partial charge is 0.414 e. The summed E-state index contributed by atoms with van der Waals surface area (Å²) < 4.78 is 33.1. The fraction of sp³-hybridized carbons (Fsp3) is 0.516. The highest BCUT2D eigenvalue weighted by molar-refractivity contribution is 6.33. The fourth-order valence-corrected chi connectivity index (χ4v) is 6.72. The molecule has 3 amide bonds. The number of ether oxygens (including phenoxy) is 1. The Labute approximate surface area is 260 Å². The number of benzene rings is 2. The molecule has 3 aliphatic heterocycles. The van der Waals surface area contributed by atoms with Crippen molar-refractivity contribution in [2.75, 3.05) is 57.3 Å². The highest BCUT2D eigenvalue weighted by Gasteiger charge is 2.42. The first-order chi connectivity index (χ1) is 20.5. The predicted octanol–water partition coefficient (Wildman–Crippen LogP) is 5.63. The summed E-state index contributed by atoms with van der Waals surface area (Å²) >= 11 is 12.4. The van der Waals surface area contributed by atoms with Crippen LogP contribution < -0.4 is 4.90 Å². The number of aryl methyl sites for hydroxylation is 1. The first-order valence-electron chi connectivity index (χ1n) is 14.7. The summed E-state index contributed by atoms with van der Waals surface area (Å²) in [5.74, 6) is -2.00. The Morgan fingerprint density at radius 1 is 0.930 bits per heavy atom. The van der Waals surface area contributed by atoms with E-state index in [4.69, 9.17) is 27.9 Å². The Balaban J connectivity index is 1.15. The van der Waals surface area contributed by atoms with Crippen LogP contribution in [0.3, 0.4) is 0 Å². The molecule has 0 saturated carbocycles. The Kier molecular flexibility index (Phi) is 9.78. The lowest BCUT2D eigenvalue weighted by Gasteiger charge is -2.32. The number of rotatable bonds is 7. The van der Waals surface area contributed by atoms with Gasteiger partial charge in [-0.05, 0) is 61.6 Å². The molecule has 2 aromatic rings. The Morgan fingerprint density at radius 3 is 2.21 bits per heavy atom. The second kappa shape index (κ2) is 13.4. The van der Waals surface area contributed by atoms with Crippen LogP contribution in [0.15, 0.2) is 30.3 Å². The normalized spacial score (nSPS) is 20.8. The quantitative estimate of drug-likeness (QED) is 0.369. The number of carbonyl (C=O) groups excluding carboxylic acids is 3. The van der Waals surface area contributed by atoms with Gasteiger partial charge < -0.3 is 19.4 Å². The Hall–Kier alpha value is -2.95. The molecule has 5 rings (SSSR count). The van der Waals surface area contributed by atoms with Gasteiger partial charge in [-0.1, -0.05) is 29.3 Å². The number of nitrogens with zero attached hydrogens (tertiary/aromatic N) is 4. The molecule has 0 aromatic heterocycles. The minimum absolute atomic E-state index is 0.0232. The van der Waals surface area contributed by atoms with Crippen molar-refractivity contribution in [3.8, 4) is 0 Å². The van der Waals surface area contributed by atoms with Crippen LogP contribution >= 0.6 is 23.2 Å². The van der Waals surface area contributed by atoms with E-state index < -0.39 is 17.7 Å². The molecule has 2 atom stereocenters. The summed E-state index contributed by atoms with van der Waals surface area (Å²) in [5, 5.41) is 0.475. The summed E-state index contributed by atoms with van der Waals surface area (Å²) in [4.78, 5) is 45.4. The Bertz CT molecular complexity index is 1370. The van der Waals surface area contributed by atoms with Crippen molar-refractivity contribution in [2.24, 2.45) is 11.8 Å². The Morgan fingerprint density at radius 2 is 1.58 bits per heavy atom. The summed E-state index contributed by atoms with van der Waals surface area (Å²) in [6, 6.07) is 7.23. The number of fused-ring (bicyclic) bond motifs is 1. The molecule has 0 aliphatic carbocycles. The second-order valence-electron chi connectivity index (χ2n) is 11.8. The van der Waals surface area contributed by atoms with Crippen molar-refractivity contribution in [1.82, 2.24) is 14.7 Å². The van der Waals surface area contributed by atoms with Gasteiger partial charge in [0, 0.05) is 76.3 Å². The molecule has 2 unspecified atom stereocenters. The van der Waals surface area contributed by atoms with E-state index in [1.165, 1.54) is 0 Å². The molecular weight excluding hydrogens is 601 g/mol. The molecule has 0 bridgehead atoms. The third-order valence-electron chi connectivity index (χ3n) is 8.79. The number of piperidine rings is 1. The molecule has 8 nitrogen and oxygen atoms in total. The van der Waals surface area contributed by atoms with Crippen molar-refractivity contribution in [3.63, 3.8) is 0 Å². The third kappa shape index (κ3) is 7.24. The van der Waals surface area contributed by atoms with Crippen LogP contribution in [0.25, 0.3) is 0 Å². The minimum atomic E-state index is -1.09. The molecule has 3 heterocycles. The van der Waals surface area contributed by atoms with Gasteiger partial charge in [-0.25, -0.2) is 13.6 Å². The van der Waals surface area contributed by atoms with Gasteiger partial charge in [-0.2, -0.15) is 0 Å². The summed E-state index contributed by atoms with van der Waals surface area (Å²) in [6.45, 7) is 8.44. The van der Waals surface area contributed by atoms with Crippen LogP contribution in [0.2, 0.25) is 10.0 Å². The van der Waals surface area contributed by atoms with Crippen molar-refractivity contribution < 1.29 is 27.9 Å². The molecule has 3 aliphatic rings. The highest BCUT2D eigenvalue weighted by atomic mass is 35.5. The van der Waals surface area contributed by atoms with Gasteiger partial charge in [0.1, 0.15) is 6.10 Å². The van der Waals surface area contributed by atoms with Crippen molar-refractivity contribution >= 4 is 46.8 Å². The molecule has 43 heavy (non-hydrogen) atoms. The molecule has 12 heteroatoms. The zero-order chi connectivity index (χ0) is 30.8. The van der Waals surface area contributed by atoms with Crippen LogP contribution in [-0.2, 0) is 9.53 Å². The number of carbonyl (C=O) groups is 3. The maximum atomic E-state index is 13.8. The average molecular weight is 638 g/mol. The van der Waals surface area contributed by atoms with E-state index in [0.717, 1.165) is 37.3 Å². The number of amides is 3. The van der Waals surface area contributed by atoms with E-state index in [-0.39, 0.29) is 40.3 Å². The van der Waals surface area contributed by atoms with Crippen LogP contribution in [0.1, 0.15) is 42.1 Å². The number of anilines is 1. The van der Waals surface area contributed by atoms with Gasteiger partial charge in [0.05, 0.1) is 10.6 Å². The molecular formula is C31H36Cl2F2N4O4. The number of hydrogen-bond donors (Lipinski definition) is 0. The molecule has 3 saturated heterocycles. The topological polar surface area (TPSA) is 73.4 Å². The SMILES string of the molecule is CC(=O)N1CCC(OC(=O)N(CCCN2CC3CN(C(=O)c4cc(F)c(F)cc4Cl)CC3C2)c2ccc(C)c(Cl)c2)CC1. The molecule has 0 N–H and O–H groups in total. The monoisotopic (exact) mass is 636 g/mol. The van der Waals surface area contributed by atoms with Gasteiger partial charge in [0.15, 0.2) is 11.6 Å². The van der Waals surface area contributed by atoms with Crippen molar-refractivity contribution in [1.29, 1.82) is 0 Å². The van der Waals surface area contributed by atoms with E-state index in [9.17, 15) is 23.2 Å². The van der Waals surface area contributed by atoms with Gasteiger partial charge in [0.25, 0.3) is 5.91 Å². The molecule has 232 valence electrons. The standard InChI is InChI=1S/C31H36Cl2F2N4O4/c1-19-4-5-23(12-26(19)32)39(31(42)43-24-6-10-37(11-7-24)20(2)40)9-3-8-36-15-21-17-38(18-22(21)16-36)30(41)25-13-28(34)29(35)14-27(25)33/h4-5,12-14,21-22,24H,3,6-11,15-18H2,1-2H3. The summed E-state index contributed by atoms with van der Waals surface area (Å²) in [6.07, 6.45) is 1.23. The van der Waals surface area contributed by atoms with Crippen molar-refractivity contribution in [3.05, 3.63) is 63.1 Å². The molecule has 0 radical (unpaired) electrons. The maximum Gasteiger partial charge on any atom is 0.414 e. The fourth-order valence-electron chi connectivity index (χ4n) is 6.32. The average Bonchev–Trinajstić information content (AvgIpc) is 3.54. The lowest BCUT2D eigenvalue weighted by molar-refractivity contribution is -0.130. The maximum absolute atomic E-state index is 13.8. The number of hydrogen-bond acceptors (Lipinski definition) is 5. The van der Waals surface area contributed by atoms with E-state index >= 15 is 0 Å². The second-order valence-corrected chi connectivity index (χ2v) is 12.6. The van der Waals surface area contributed by atoms with Crippen LogP contribution in [0.5, 0.6) is 0 Å². The number of halogens is 4. The minimum Gasteiger partial charge on any atom is -0.446 e. The third-order valence-corrected chi connectivity index (χ3v) is 9.51. The molecule has 2 aromatic carbocycles. The zero-order valence-corrected chi connectivity index (χ0v) is 25.8. The van der Waals surface area contributed by atoms with Gasteiger partial charge in [-0.15, -0.1) is 0 Å².